The molecule has 0 saturated carbocycles. The molecule has 0 unspecified atom stereocenters. The van der Waals surface area contributed by atoms with E-state index in [1.165, 1.54) is 21.7 Å². The van der Waals surface area contributed by atoms with E-state index in [-0.39, 0.29) is 27.5 Å². The number of rotatable bonds is 9. The maximum atomic E-state index is 12.7. The molecule has 0 amide bonds. The van der Waals surface area contributed by atoms with E-state index in [0.29, 0.717) is 23.5 Å². The van der Waals surface area contributed by atoms with Gasteiger partial charge >= 0.3 is 0 Å². The van der Waals surface area contributed by atoms with Gasteiger partial charge in [-0.3, -0.25) is 4.79 Å². The maximum Gasteiger partial charge on any atom is 0.277 e. The lowest BCUT2D eigenvalue weighted by Gasteiger charge is -2.18. The van der Waals surface area contributed by atoms with Crippen molar-refractivity contribution in [1.29, 1.82) is 0 Å². The van der Waals surface area contributed by atoms with Gasteiger partial charge in [-0.1, -0.05) is 37.7 Å². The van der Waals surface area contributed by atoms with Gasteiger partial charge < -0.3 is 4.42 Å². The number of Topliss-reactive ketones (excluding diaryl/α,β-unsaturated/α-hetero) is 1. The summed E-state index contributed by atoms with van der Waals surface area (Å²) < 4.78 is 32.4. The largest absolute Gasteiger partial charge is 0.411 e. The molecule has 0 spiro atoms. The van der Waals surface area contributed by atoms with Crippen LogP contribution in [0.5, 0.6) is 0 Å². The molecule has 0 aliphatic carbocycles. The second-order valence-electron chi connectivity index (χ2n) is 5.68. The third kappa shape index (κ3) is 4.52. The zero-order valence-electron chi connectivity index (χ0n) is 15.4. The lowest BCUT2D eigenvalue weighted by atomic mass is 10.2. The second-order valence-corrected chi connectivity index (χ2v) is 9.49. The predicted molar refractivity (Wildman–Crippen MR) is 109 cm³/mol. The van der Waals surface area contributed by atoms with Crippen molar-refractivity contribution in [1.82, 2.24) is 14.5 Å². The fraction of sp³-hybridized carbons (Fsp3) is 0.278. The van der Waals surface area contributed by atoms with Crippen LogP contribution in [-0.2, 0) is 10.0 Å². The highest BCUT2D eigenvalue weighted by molar-refractivity contribution is 7.99. The number of sulfonamides is 1. The van der Waals surface area contributed by atoms with Crippen LogP contribution < -0.4 is 0 Å². The molecule has 0 atom stereocenters. The summed E-state index contributed by atoms with van der Waals surface area (Å²) in [5, 5.41) is 10.0. The van der Waals surface area contributed by atoms with Gasteiger partial charge in [0.1, 0.15) is 0 Å². The molecular formula is C18H19N3O4S3. The minimum absolute atomic E-state index is 0.00735. The molecule has 7 nitrogen and oxygen atoms in total. The number of thiophene rings is 1. The Morgan fingerprint density at radius 3 is 2.64 bits per heavy atom. The quantitative estimate of drug-likeness (QED) is 0.371. The first-order chi connectivity index (χ1) is 13.5. The minimum atomic E-state index is -3.58. The highest BCUT2D eigenvalue weighted by Gasteiger charge is 2.22. The fourth-order valence-corrected chi connectivity index (χ4v) is 5.43. The Bertz CT molecular complexity index is 1040. The van der Waals surface area contributed by atoms with Crippen LogP contribution >= 0.6 is 23.1 Å². The van der Waals surface area contributed by atoms with Gasteiger partial charge in [-0.15, -0.1) is 21.5 Å². The summed E-state index contributed by atoms with van der Waals surface area (Å²) >= 11 is 2.54. The van der Waals surface area contributed by atoms with Crippen LogP contribution in [0.1, 0.15) is 23.5 Å². The van der Waals surface area contributed by atoms with Crippen LogP contribution in [0.4, 0.5) is 0 Å². The topological polar surface area (TPSA) is 93.4 Å². The van der Waals surface area contributed by atoms with Crippen LogP contribution in [0.15, 0.2) is 56.3 Å². The van der Waals surface area contributed by atoms with Gasteiger partial charge in [-0.25, -0.2) is 8.42 Å². The molecule has 0 aliphatic rings. The number of hydrogen-bond donors (Lipinski definition) is 0. The lowest BCUT2D eigenvalue weighted by molar-refractivity contribution is 0.102. The van der Waals surface area contributed by atoms with E-state index in [4.69, 9.17) is 4.42 Å². The number of benzene rings is 1. The Morgan fingerprint density at radius 2 is 1.96 bits per heavy atom. The average Bonchev–Trinajstić information content (AvgIpc) is 3.39. The Kier molecular flexibility index (Phi) is 6.65. The van der Waals surface area contributed by atoms with E-state index in [2.05, 4.69) is 10.2 Å². The summed E-state index contributed by atoms with van der Waals surface area (Å²) in [5.74, 6) is 0.396. The van der Waals surface area contributed by atoms with Crippen molar-refractivity contribution in [2.24, 2.45) is 0 Å². The minimum Gasteiger partial charge on any atom is -0.411 e. The maximum absolute atomic E-state index is 12.7. The van der Waals surface area contributed by atoms with E-state index < -0.39 is 10.0 Å². The van der Waals surface area contributed by atoms with Crippen molar-refractivity contribution in [2.75, 3.05) is 18.8 Å². The first-order valence-electron chi connectivity index (χ1n) is 8.59. The zero-order chi connectivity index (χ0) is 20.1. The molecule has 3 rings (SSSR count). The smallest absolute Gasteiger partial charge is 0.277 e. The predicted octanol–water partition coefficient (Wildman–Crippen LogP) is 3.80. The Balaban J connectivity index is 1.75. The van der Waals surface area contributed by atoms with Crippen LogP contribution in [0.3, 0.4) is 0 Å². The molecule has 3 aromatic rings. The summed E-state index contributed by atoms with van der Waals surface area (Å²) in [6.07, 6.45) is 0. The number of carbonyl (C=O) groups is 1. The van der Waals surface area contributed by atoms with E-state index in [0.717, 1.165) is 11.8 Å². The Hall–Kier alpha value is -2.01. The molecule has 28 heavy (non-hydrogen) atoms. The zero-order valence-corrected chi connectivity index (χ0v) is 17.8. The average molecular weight is 438 g/mol. The first kappa shape index (κ1) is 20.7. The van der Waals surface area contributed by atoms with Crippen molar-refractivity contribution < 1.29 is 17.6 Å². The number of carbonyl (C=O) groups excluding carboxylic acids is 1. The van der Waals surface area contributed by atoms with Crippen LogP contribution in [0, 0.1) is 0 Å². The van der Waals surface area contributed by atoms with Gasteiger partial charge in [-0.05, 0) is 29.6 Å². The Morgan fingerprint density at radius 1 is 1.18 bits per heavy atom. The molecule has 0 N–H and O–H groups in total. The molecule has 2 aromatic heterocycles. The summed E-state index contributed by atoms with van der Waals surface area (Å²) in [7, 11) is -3.58. The fourth-order valence-electron chi connectivity index (χ4n) is 2.52. The van der Waals surface area contributed by atoms with Crippen molar-refractivity contribution in [2.45, 2.75) is 24.0 Å². The van der Waals surface area contributed by atoms with Crippen LogP contribution in [0.25, 0.3) is 11.5 Å². The SMILES string of the molecule is CCN(CC)S(=O)(=O)c1cccc(-c2nnc(SCC(=O)c3cccs3)o2)c1. The van der Waals surface area contributed by atoms with E-state index in [1.807, 2.05) is 11.4 Å². The van der Waals surface area contributed by atoms with Crippen molar-refractivity contribution in [3.63, 3.8) is 0 Å². The summed E-state index contributed by atoms with van der Waals surface area (Å²) in [4.78, 5) is 12.9. The van der Waals surface area contributed by atoms with E-state index >= 15 is 0 Å². The third-order valence-corrected chi connectivity index (χ3v) is 7.73. The van der Waals surface area contributed by atoms with Crippen molar-refractivity contribution >= 4 is 38.9 Å². The normalized spacial score (nSPS) is 11.8. The highest BCUT2D eigenvalue weighted by atomic mass is 32.2. The van der Waals surface area contributed by atoms with Crippen molar-refractivity contribution in [3.05, 3.63) is 46.7 Å². The van der Waals surface area contributed by atoms with E-state index in [9.17, 15) is 13.2 Å². The summed E-state index contributed by atoms with van der Waals surface area (Å²) in [6, 6.07) is 10.0. The first-order valence-corrected chi connectivity index (χ1v) is 11.9. The Labute approximate surface area is 171 Å². The lowest BCUT2D eigenvalue weighted by Crippen LogP contribution is -2.30. The molecular weight excluding hydrogens is 418 g/mol. The van der Waals surface area contributed by atoms with Gasteiger partial charge in [0.15, 0.2) is 5.78 Å². The molecule has 1 aromatic carbocycles. The highest BCUT2D eigenvalue weighted by Crippen LogP contribution is 2.27. The monoisotopic (exact) mass is 437 g/mol. The summed E-state index contributed by atoms with van der Waals surface area (Å²) in [6.45, 7) is 4.37. The molecule has 0 bridgehead atoms. The molecule has 0 aliphatic heterocycles. The number of ketones is 1. The summed E-state index contributed by atoms with van der Waals surface area (Å²) in [5.41, 5.74) is 0.511. The van der Waals surface area contributed by atoms with Crippen LogP contribution in [-0.4, -0.2) is 47.5 Å². The molecule has 10 heteroatoms. The second kappa shape index (κ2) is 8.99. The standard InChI is InChI=1S/C18H19N3O4S3/c1-3-21(4-2)28(23,24)14-8-5-7-13(11-14)17-19-20-18(25-17)27-12-15(22)16-9-6-10-26-16/h5-11H,3-4,12H2,1-2H3. The molecule has 2 heterocycles. The molecule has 0 fully saturated rings. The number of nitrogens with zero attached hydrogens (tertiary/aromatic N) is 3. The van der Waals surface area contributed by atoms with Gasteiger partial charge in [0.25, 0.3) is 5.22 Å². The molecule has 0 radical (unpaired) electrons. The molecule has 0 saturated heterocycles. The molecule has 148 valence electrons. The third-order valence-electron chi connectivity index (χ3n) is 3.95. The van der Waals surface area contributed by atoms with Gasteiger partial charge in [-0.2, -0.15) is 4.31 Å². The van der Waals surface area contributed by atoms with Crippen LogP contribution in [0.2, 0.25) is 0 Å². The van der Waals surface area contributed by atoms with E-state index in [1.54, 1.807) is 38.1 Å². The number of hydrogen-bond acceptors (Lipinski definition) is 8. The van der Waals surface area contributed by atoms with Crippen molar-refractivity contribution in [3.8, 4) is 11.5 Å². The van der Waals surface area contributed by atoms with Gasteiger partial charge in [0.05, 0.1) is 15.5 Å². The van der Waals surface area contributed by atoms with Gasteiger partial charge in [0, 0.05) is 18.7 Å². The number of aromatic nitrogens is 2. The van der Waals surface area contributed by atoms with Gasteiger partial charge in [0.2, 0.25) is 15.9 Å². The number of thioether (sulfide) groups is 1.